The van der Waals surface area contributed by atoms with Crippen LogP contribution in [-0.2, 0) is 16.0 Å². The third kappa shape index (κ3) is 5.21. The van der Waals surface area contributed by atoms with Crippen molar-refractivity contribution in [2.45, 2.75) is 83.9 Å². The van der Waals surface area contributed by atoms with Crippen molar-refractivity contribution in [3.63, 3.8) is 0 Å². The molecule has 1 saturated carbocycles. The zero-order valence-electron chi connectivity index (χ0n) is 23.0. The Kier molecular flexibility index (Phi) is 7.07. The van der Waals surface area contributed by atoms with Crippen LogP contribution in [0, 0.1) is 12.7 Å². The van der Waals surface area contributed by atoms with Crippen molar-refractivity contribution >= 4 is 23.0 Å². The van der Waals surface area contributed by atoms with Gasteiger partial charge in [-0.15, -0.1) is 0 Å². The van der Waals surface area contributed by atoms with Crippen molar-refractivity contribution in [3.05, 3.63) is 70.2 Å². The normalized spacial score (nSPS) is 18.5. The summed E-state index contributed by atoms with van der Waals surface area (Å²) < 4.78 is 26.9. The molecule has 38 heavy (non-hydrogen) atoms. The minimum absolute atomic E-state index is 0.0429. The molecule has 0 radical (unpaired) electrons. The van der Waals surface area contributed by atoms with Crippen LogP contribution in [0.3, 0.4) is 0 Å². The number of rotatable bonds is 5. The Hall–Kier alpha value is -3.19. The Morgan fingerprint density at radius 3 is 2.50 bits per heavy atom. The predicted molar refractivity (Wildman–Crippen MR) is 145 cm³/mol. The van der Waals surface area contributed by atoms with E-state index < -0.39 is 17.4 Å². The van der Waals surface area contributed by atoms with Crippen LogP contribution in [0.25, 0.3) is 10.9 Å². The highest BCUT2D eigenvalue weighted by molar-refractivity contribution is 5.94. The van der Waals surface area contributed by atoms with Crippen LogP contribution < -0.4 is 0 Å². The summed E-state index contributed by atoms with van der Waals surface area (Å²) >= 11 is 0. The lowest BCUT2D eigenvalue weighted by Gasteiger charge is -2.37. The summed E-state index contributed by atoms with van der Waals surface area (Å²) in [4.78, 5) is 27.4. The van der Waals surface area contributed by atoms with Gasteiger partial charge in [0.15, 0.2) is 0 Å². The lowest BCUT2D eigenvalue weighted by Crippen LogP contribution is -2.33. The van der Waals surface area contributed by atoms with Gasteiger partial charge in [0.25, 0.3) is 0 Å². The Labute approximate surface area is 223 Å². The maximum atomic E-state index is 14.9. The Bertz CT molecular complexity index is 1380. The first-order valence-electron chi connectivity index (χ1n) is 13.6. The van der Waals surface area contributed by atoms with E-state index in [0.29, 0.717) is 12.5 Å². The summed E-state index contributed by atoms with van der Waals surface area (Å²) in [6, 6.07) is 9.20. The number of benzene rings is 2. The monoisotopic (exact) mass is 520 g/mol. The molecule has 2 fully saturated rings. The van der Waals surface area contributed by atoms with Gasteiger partial charge in [0.1, 0.15) is 11.4 Å². The fraction of sp³-hybridized carbons (Fsp3) is 0.484. The summed E-state index contributed by atoms with van der Waals surface area (Å²) in [6.45, 7) is 9.29. The van der Waals surface area contributed by atoms with Crippen LogP contribution in [0.2, 0.25) is 0 Å². The van der Waals surface area contributed by atoms with Crippen molar-refractivity contribution in [2.75, 3.05) is 13.7 Å². The molecule has 1 saturated heterocycles. The van der Waals surface area contributed by atoms with Crippen LogP contribution in [0.15, 0.2) is 36.5 Å². The number of methoxy groups -OCH3 is 1. The number of fused-ring (bicyclic) bond motifs is 1. The van der Waals surface area contributed by atoms with Crippen molar-refractivity contribution in [1.82, 2.24) is 9.47 Å². The molecule has 5 rings (SSSR count). The fourth-order valence-corrected chi connectivity index (χ4v) is 5.80. The molecule has 6 nitrogen and oxygen atoms in total. The van der Waals surface area contributed by atoms with Gasteiger partial charge < -0.3 is 9.47 Å². The summed E-state index contributed by atoms with van der Waals surface area (Å²) in [5, 5.41) is 1.08. The molecular formula is C31H37FN2O4. The fourth-order valence-electron chi connectivity index (χ4n) is 5.80. The SMILES string of the molecule is COC(=O)c1ccc([C@@H]2CCCCN2Cc2c(C3CC3)cc(C)c3c2ccn3C(=O)OC(C)(C)C)cc1F. The van der Waals surface area contributed by atoms with E-state index in [1.54, 1.807) is 4.57 Å². The van der Waals surface area contributed by atoms with Crippen LogP contribution in [0.4, 0.5) is 9.18 Å². The minimum Gasteiger partial charge on any atom is -0.465 e. The van der Waals surface area contributed by atoms with E-state index in [4.69, 9.17) is 9.47 Å². The van der Waals surface area contributed by atoms with Crippen LogP contribution in [0.5, 0.6) is 0 Å². The summed E-state index contributed by atoms with van der Waals surface area (Å²) in [6.07, 6.45) is 6.85. The van der Waals surface area contributed by atoms with Gasteiger partial charge in [0.05, 0.1) is 18.2 Å². The Balaban J connectivity index is 1.53. The van der Waals surface area contributed by atoms with Gasteiger partial charge in [0, 0.05) is 24.2 Å². The largest absolute Gasteiger partial charge is 0.465 e. The molecular weight excluding hydrogens is 483 g/mol. The van der Waals surface area contributed by atoms with E-state index >= 15 is 0 Å². The average molecular weight is 521 g/mol. The van der Waals surface area contributed by atoms with E-state index in [9.17, 15) is 14.0 Å². The number of hydrogen-bond donors (Lipinski definition) is 0. The lowest BCUT2D eigenvalue weighted by atomic mass is 9.91. The van der Waals surface area contributed by atoms with Gasteiger partial charge in [-0.3, -0.25) is 9.47 Å². The number of ether oxygens (including phenoxy) is 2. The third-order valence-electron chi connectivity index (χ3n) is 7.67. The molecule has 2 aliphatic rings. The quantitative estimate of drug-likeness (QED) is 0.331. The molecule has 202 valence electrons. The van der Waals surface area contributed by atoms with E-state index in [0.717, 1.165) is 47.8 Å². The first-order valence-corrected chi connectivity index (χ1v) is 13.6. The van der Waals surface area contributed by atoms with E-state index in [-0.39, 0.29) is 17.7 Å². The second kappa shape index (κ2) is 10.2. The lowest BCUT2D eigenvalue weighted by molar-refractivity contribution is 0.0542. The molecule has 2 aromatic carbocycles. The number of likely N-dealkylation sites (tertiary alicyclic amines) is 1. The highest BCUT2D eigenvalue weighted by Gasteiger charge is 2.32. The summed E-state index contributed by atoms with van der Waals surface area (Å²) in [5.41, 5.74) is 4.80. The van der Waals surface area contributed by atoms with E-state index in [2.05, 4.69) is 17.9 Å². The maximum Gasteiger partial charge on any atom is 0.418 e. The van der Waals surface area contributed by atoms with Gasteiger partial charge in [-0.25, -0.2) is 14.0 Å². The number of carbonyl (C=O) groups excluding carboxylic acids is 2. The second-order valence-electron chi connectivity index (χ2n) is 11.7. The number of piperidine rings is 1. The molecule has 0 unspecified atom stereocenters. The molecule has 2 heterocycles. The van der Waals surface area contributed by atoms with E-state index in [1.165, 1.54) is 43.2 Å². The molecule has 0 bridgehead atoms. The highest BCUT2D eigenvalue weighted by Crippen LogP contribution is 2.45. The molecule has 1 atom stereocenters. The summed E-state index contributed by atoms with van der Waals surface area (Å²) in [7, 11) is 1.26. The molecule has 3 aromatic rings. The zero-order chi connectivity index (χ0) is 27.2. The highest BCUT2D eigenvalue weighted by atomic mass is 19.1. The first-order chi connectivity index (χ1) is 18.1. The second-order valence-corrected chi connectivity index (χ2v) is 11.7. The van der Waals surface area contributed by atoms with Crippen molar-refractivity contribution < 1.29 is 23.5 Å². The number of aromatic nitrogens is 1. The van der Waals surface area contributed by atoms with Crippen LogP contribution in [0.1, 0.15) is 97.4 Å². The molecule has 1 aromatic heterocycles. The standard InChI is InChI=1S/C31H37FN2O4/c1-19-16-24(20-9-10-20)25(22-13-15-34(28(19)22)30(36)38-31(2,3)4)18-33-14-7-6-8-27(33)21-11-12-23(26(32)17-21)29(35)37-5/h11-13,15-17,20,27H,6-10,14,18H2,1-5H3/t27-/m0/s1. The predicted octanol–water partition coefficient (Wildman–Crippen LogP) is 7.26. The molecule has 0 amide bonds. The van der Waals surface area contributed by atoms with Crippen molar-refractivity contribution in [3.8, 4) is 0 Å². The number of nitrogens with zero attached hydrogens (tertiary/aromatic N) is 2. The van der Waals surface area contributed by atoms with Gasteiger partial charge in [0.2, 0.25) is 0 Å². The smallest absolute Gasteiger partial charge is 0.418 e. The van der Waals surface area contributed by atoms with Crippen molar-refractivity contribution in [2.24, 2.45) is 0 Å². The topological polar surface area (TPSA) is 60.8 Å². The van der Waals surface area contributed by atoms with Gasteiger partial charge in [-0.05, 0) is 106 Å². The van der Waals surface area contributed by atoms with Crippen molar-refractivity contribution in [1.29, 1.82) is 0 Å². The maximum absolute atomic E-state index is 14.9. The molecule has 1 aliphatic carbocycles. The van der Waals surface area contributed by atoms with Gasteiger partial charge in [-0.1, -0.05) is 18.6 Å². The number of hydrogen-bond acceptors (Lipinski definition) is 5. The number of esters is 1. The Morgan fingerprint density at radius 1 is 1.08 bits per heavy atom. The number of aryl methyl sites for hydroxylation is 1. The third-order valence-corrected chi connectivity index (χ3v) is 7.67. The molecule has 0 N–H and O–H groups in total. The van der Waals surface area contributed by atoms with Gasteiger partial charge >= 0.3 is 12.1 Å². The molecule has 0 spiro atoms. The molecule has 1 aliphatic heterocycles. The Morgan fingerprint density at radius 2 is 1.84 bits per heavy atom. The molecule has 7 heteroatoms. The average Bonchev–Trinajstić information content (AvgIpc) is 3.61. The minimum atomic E-state index is -0.667. The summed E-state index contributed by atoms with van der Waals surface area (Å²) in [5.74, 6) is -0.677. The number of halogens is 1. The first kappa shape index (κ1) is 26.4. The van der Waals surface area contributed by atoms with E-state index in [1.807, 2.05) is 39.1 Å². The van der Waals surface area contributed by atoms with Crippen LogP contribution >= 0.6 is 0 Å². The number of carbonyl (C=O) groups is 2. The van der Waals surface area contributed by atoms with Crippen LogP contribution in [-0.4, -0.2) is 40.8 Å². The van der Waals surface area contributed by atoms with Gasteiger partial charge in [-0.2, -0.15) is 0 Å². The zero-order valence-corrected chi connectivity index (χ0v) is 23.0.